The van der Waals surface area contributed by atoms with E-state index in [1.54, 1.807) is 12.1 Å². The van der Waals surface area contributed by atoms with Crippen molar-refractivity contribution in [2.24, 2.45) is 5.92 Å². The summed E-state index contributed by atoms with van der Waals surface area (Å²) in [4.78, 5) is 12.2. The summed E-state index contributed by atoms with van der Waals surface area (Å²) < 4.78 is 21.9. The minimum absolute atomic E-state index is 0.137. The minimum atomic E-state index is -0.137. The van der Waals surface area contributed by atoms with Crippen LogP contribution >= 0.6 is 0 Å². The predicted molar refractivity (Wildman–Crippen MR) is 110 cm³/mol. The van der Waals surface area contributed by atoms with E-state index in [1.807, 2.05) is 12.1 Å². The van der Waals surface area contributed by atoms with Gasteiger partial charge in [-0.25, -0.2) is 0 Å². The van der Waals surface area contributed by atoms with E-state index in [1.165, 1.54) is 0 Å². The average Bonchev–Trinajstić information content (AvgIpc) is 2.67. The molecule has 2 N–H and O–H groups in total. The fourth-order valence-corrected chi connectivity index (χ4v) is 2.07. The average molecular weight is 397 g/mol. The number of carbonyl (C=O) groups excluding carboxylic acids is 1. The fourth-order valence-electron chi connectivity index (χ4n) is 2.07. The molecule has 0 saturated heterocycles. The zero-order valence-electron chi connectivity index (χ0n) is 17.7. The summed E-state index contributed by atoms with van der Waals surface area (Å²) in [6.45, 7) is 12.4. The molecule has 0 radical (unpaired) electrons. The Labute approximate surface area is 169 Å². The van der Waals surface area contributed by atoms with Crippen LogP contribution in [-0.2, 0) is 14.2 Å². The van der Waals surface area contributed by atoms with Crippen LogP contribution in [0.2, 0.25) is 0 Å². The van der Waals surface area contributed by atoms with E-state index in [4.69, 9.17) is 18.9 Å². The monoisotopic (exact) mass is 396 g/mol. The molecule has 1 aromatic carbocycles. The molecule has 1 amide bonds. The summed E-state index contributed by atoms with van der Waals surface area (Å²) in [5, 5.41) is 6.00. The molecule has 0 aromatic heterocycles. The molecule has 0 atom stereocenters. The van der Waals surface area contributed by atoms with Gasteiger partial charge in [0.15, 0.2) is 0 Å². The van der Waals surface area contributed by atoms with E-state index in [0.29, 0.717) is 76.2 Å². The number of nitrogens with one attached hydrogen (secondary N) is 2. The first-order chi connectivity index (χ1) is 13.5. The molecule has 0 fully saturated rings. The van der Waals surface area contributed by atoms with Crippen LogP contribution in [0.4, 0.5) is 0 Å². The number of amides is 1. The molecule has 0 heterocycles. The topological polar surface area (TPSA) is 78.1 Å². The molecule has 0 saturated carbocycles. The Balaban J connectivity index is 2.03. The molecule has 0 spiro atoms. The highest BCUT2D eigenvalue weighted by Gasteiger charge is 2.06. The lowest BCUT2D eigenvalue weighted by molar-refractivity contribution is 0.0105. The number of ether oxygens (including phenoxy) is 4. The second-order valence-electron chi connectivity index (χ2n) is 7.12. The van der Waals surface area contributed by atoms with Gasteiger partial charge in [0.1, 0.15) is 5.75 Å². The normalized spacial score (nSPS) is 11.2. The van der Waals surface area contributed by atoms with Gasteiger partial charge in [-0.15, -0.1) is 0 Å². The maximum Gasteiger partial charge on any atom is 0.251 e. The van der Waals surface area contributed by atoms with Gasteiger partial charge in [-0.1, -0.05) is 19.9 Å². The van der Waals surface area contributed by atoms with Crippen LogP contribution in [0.3, 0.4) is 0 Å². The van der Waals surface area contributed by atoms with Gasteiger partial charge >= 0.3 is 0 Å². The van der Waals surface area contributed by atoms with Crippen molar-refractivity contribution >= 4 is 5.91 Å². The van der Waals surface area contributed by atoms with Gasteiger partial charge in [0, 0.05) is 18.2 Å². The molecule has 1 aromatic rings. The van der Waals surface area contributed by atoms with Crippen LogP contribution in [0.25, 0.3) is 0 Å². The highest BCUT2D eigenvalue weighted by atomic mass is 16.5. The summed E-state index contributed by atoms with van der Waals surface area (Å²) in [6, 6.07) is 7.61. The third-order valence-corrected chi connectivity index (χ3v) is 3.55. The lowest BCUT2D eigenvalue weighted by Gasteiger charge is -2.11. The van der Waals surface area contributed by atoms with E-state index in [0.717, 1.165) is 0 Å². The second-order valence-corrected chi connectivity index (χ2v) is 7.12. The Morgan fingerprint density at radius 1 is 0.964 bits per heavy atom. The number of carbonyl (C=O) groups is 1. The van der Waals surface area contributed by atoms with Gasteiger partial charge in [0.05, 0.1) is 46.4 Å². The van der Waals surface area contributed by atoms with Crippen molar-refractivity contribution in [1.82, 2.24) is 10.6 Å². The van der Waals surface area contributed by atoms with Gasteiger partial charge in [-0.05, 0) is 38.0 Å². The zero-order valence-corrected chi connectivity index (χ0v) is 17.7. The van der Waals surface area contributed by atoms with Crippen molar-refractivity contribution < 1.29 is 23.7 Å². The highest BCUT2D eigenvalue weighted by molar-refractivity contribution is 5.94. The minimum Gasteiger partial charge on any atom is -0.493 e. The Morgan fingerprint density at radius 3 is 2.32 bits per heavy atom. The molecule has 7 nitrogen and oxygen atoms in total. The van der Waals surface area contributed by atoms with Crippen LogP contribution in [0, 0.1) is 5.92 Å². The molecule has 0 aliphatic carbocycles. The summed E-state index contributed by atoms with van der Waals surface area (Å²) in [5.41, 5.74) is 0.580. The maximum absolute atomic E-state index is 12.2. The Morgan fingerprint density at radius 2 is 1.64 bits per heavy atom. The quantitative estimate of drug-likeness (QED) is 0.330. The first kappa shape index (κ1) is 24.4. The van der Waals surface area contributed by atoms with Gasteiger partial charge in [-0.2, -0.15) is 0 Å². The molecular weight excluding hydrogens is 360 g/mol. The molecule has 0 unspecified atom stereocenters. The van der Waals surface area contributed by atoms with Crippen LogP contribution < -0.4 is 15.4 Å². The molecule has 0 bridgehead atoms. The van der Waals surface area contributed by atoms with Crippen LogP contribution in [0.15, 0.2) is 24.3 Å². The van der Waals surface area contributed by atoms with E-state index in [9.17, 15) is 4.79 Å². The van der Waals surface area contributed by atoms with E-state index >= 15 is 0 Å². The molecule has 7 heteroatoms. The summed E-state index contributed by atoms with van der Waals surface area (Å²) >= 11 is 0. The SMILES string of the molecule is CC(C)COc1cccc(C(=O)NCCOCCOCCOCNC(C)C)c1. The van der Waals surface area contributed by atoms with Gasteiger partial charge < -0.3 is 24.3 Å². The molecule has 1 rings (SSSR count). The maximum atomic E-state index is 12.2. The first-order valence-electron chi connectivity index (χ1n) is 9.96. The predicted octanol–water partition coefficient (Wildman–Crippen LogP) is 2.46. The molecule has 0 aliphatic rings. The van der Waals surface area contributed by atoms with E-state index in [-0.39, 0.29) is 5.91 Å². The van der Waals surface area contributed by atoms with E-state index in [2.05, 4.69) is 38.3 Å². The van der Waals surface area contributed by atoms with Crippen LogP contribution in [0.5, 0.6) is 5.75 Å². The van der Waals surface area contributed by atoms with Crippen LogP contribution in [0.1, 0.15) is 38.1 Å². The largest absolute Gasteiger partial charge is 0.493 e. The van der Waals surface area contributed by atoms with Gasteiger partial charge in [0.2, 0.25) is 0 Å². The summed E-state index contributed by atoms with van der Waals surface area (Å²) in [5.74, 6) is 1.01. The molecule has 160 valence electrons. The highest BCUT2D eigenvalue weighted by Crippen LogP contribution is 2.14. The lowest BCUT2D eigenvalue weighted by Crippen LogP contribution is -2.27. The third kappa shape index (κ3) is 12.7. The zero-order chi connectivity index (χ0) is 20.6. The smallest absolute Gasteiger partial charge is 0.251 e. The van der Waals surface area contributed by atoms with Crippen molar-refractivity contribution in [3.8, 4) is 5.75 Å². The van der Waals surface area contributed by atoms with Gasteiger partial charge in [-0.3, -0.25) is 10.1 Å². The fraction of sp³-hybridized carbons (Fsp3) is 0.667. The van der Waals surface area contributed by atoms with Gasteiger partial charge in [0.25, 0.3) is 5.91 Å². The standard InChI is InChI=1S/C21H36N2O5/c1-17(2)15-28-20-7-5-6-19(14-20)21(24)22-8-9-25-10-11-26-12-13-27-16-23-18(3)4/h5-7,14,17-18,23H,8-13,15-16H2,1-4H3,(H,22,24). The second kappa shape index (κ2) is 15.3. The molecule has 0 aliphatic heterocycles. The summed E-state index contributed by atoms with van der Waals surface area (Å²) in [7, 11) is 0. The number of hydrogen-bond acceptors (Lipinski definition) is 6. The van der Waals surface area contributed by atoms with Crippen LogP contribution in [-0.4, -0.2) is 64.9 Å². The van der Waals surface area contributed by atoms with Crippen molar-refractivity contribution in [2.45, 2.75) is 33.7 Å². The number of rotatable bonds is 16. The molecular formula is C21H36N2O5. The van der Waals surface area contributed by atoms with Crippen molar-refractivity contribution in [3.05, 3.63) is 29.8 Å². The lowest BCUT2D eigenvalue weighted by atomic mass is 10.2. The summed E-state index contributed by atoms with van der Waals surface area (Å²) in [6.07, 6.45) is 0. The van der Waals surface area contributed by atoms with E-state index < -0.39 is 0 Å². The Bertz CT molecular complexity index is 537. The third-order valence-electron chi connectivity index (χ3n) is 3.55. The molecule has 28 heavy (non-hydrogen) atoms. The Hall–Kier alpha value is -1.67. The Kier molecular flexibility index (Phi) is 13.3. The first-order valence-corrected chi connectivity index (χ1v) is 9.96. The van der Waals surface area contributed by atoms with Crippen molar-refractivity contribution in [1.29, 1.82) is 0 Å². The van der Waals surface area contributed by atoms with Crippen molar-refractivity contribution in [2.75, 3.05) is 52.9 Å². The number of hydrogen-bond donors (Lipinski definition) is 2. The van der Waals surface area contributed by atoms with Crippen molar-refractivity contribution in [3.63, 3.8) is 0 Å². The number of benzene rings is 1.